The fraction of sp³-hybridized carbons (Fsp3) is 0.333. The molecule has 0 aromatic heterocycles. The third-order valence-corrected chi connectivity index (χ3v) is 6.00. The van der Waals surface area contributed by atoms with Gasteiger partial charge in [-0.25, -0.2) is 0 Å². The van der Waals surface area contributed by atoms with Crippen LogP contribution in [0.1, 0.15) is 53.0 Å². The second-order valence-corrected chi connectivity index (χ2v) is 9.08. The number of hydrogen-bond donors (Lipinski definition) is 2. The van der Waals surface area contributed by atoms with Gasteiger partial charge in [-0.15, -0.1) is 0 Å². The number of carbonyl (C=O) groups is 2. The van der Waals surface area contributed by atoms with Gasteiger partial charge in [0.25, 0.3) is 21.9 Å². The maximum absolute atomic E-state index is 12.9. The van der Waals surface area contributed by atoms with Gasteiger partial charge in [0.1, 0.15) is 0 Å². The van der Waals surface area contributed by atoms with Crippen LogP contribution in [0.25, 0.3) is 0 Å². The van der Waals surface area contributed by atoms with E-state index in [0.29, 0.717) is 41.6 Å². The Morgan fingerprint density at radius 3 is 2.34 bits per heavy atom. The fourth-order valence-corrected chi connectivity index (χ4v) is 4.54. The number of aryl methyl sites for hydroxylation is 1. The lowest BCUT2D eigenvalue weighted by molar-refractivity contribution is 0.0557. The molecule has 0 spiro atoms. The molecule has 0 radical (unpaired) electrons. The highest BCUT2D eigenvalue weighted by Crippen LogP contribution is 2.30. The van der Waals surface area contributed by atoms with Crippen LogP contribution in [0.15, 0.2) is 47.4 Å². The van der Waals surface area contributed by atoms with Crippen molar-refractivity contribution in [3.05, 3.63) is 59.2 Å². The van der Waals surface area contributed by atoms with Gasteiger partial charge < -0.3 is 5.73 Å². The van der Waals surface area contributed by atoms with Gasteiger partial charge in [0.15, 0.2) is 0 Å². The number of fused-ring (bicyclic) bond motifs is 1. The topological polar surface area (TPSA) is 118 Å². The first kappa shape index (κ1) is 21.0. The summed E-state index contributed by atoms with van der Waals surface area (Å²) in [5.41, 5.74) is 7.25. The van der Waals surface area contributed by atoms with Crippen molar-refractivity contribution < 1.29 is 22.6 Å². The van der Waals surface area contributed by atoms with Crippen LogP contribution in [-0.2, 0) is 16.5 Å². The van der Waals surface area contributed by atoms with Crippen LogP contribution < -0.4 is 5.73 Å². The van der Waals surface area contributed by atoms with Gasteiger partial charge in [0.05, 0.1) is 16.0 Å². The smallest absolute Gasteiger partial charge is 0.294 e. The highest BCUT2D eigenvalue weighted by Gasteiger charge is 2.40. The van der Waals surface area contributed by atoms with E-state index in [0.717, 1.165) is 0 Å². The summed E-state index contributed by atoms with van der Waals surface area (Å²) in [5.74, 6) is -0.532. The summed E-state index contributed by atoms with van der Waals surface area (Å²) < 4.78 is 32.7. The number of benzene rings is 2. The zero-order valence-corrected chi connectivity index (χ0v) is 17.1. The molecule has 3 N–H and O–H groups in total. The van der Waals surface area contributed by atoms with Crippen LogP contribution in [0, 0.1) is 5.92 Å². The minimum atomic E-state index is -4.35. The number of nitrogens with two attached hydrogens (primary N) is 1. The highest BCUT2D eigenvalue weighted by molar-refractivity contribution is 7.85. The van der Waals surface area contributed by atoms with E-state index >= 15 is 0 Å². The lowest BCUT2D eigenvalue weighted by Crippen LogP contribution is -2.41. The monoisotopic (exact) mass is 416 g/mol. The Bertz CT molecular complexity index is 1060. The number of rotatable bonds is 7. The molecular weight excluding hydrogens is 392 g/mol. The van der Waals surface area contributed by atoms with Crippen molar-refractivity contribution in [1.29, 1.82) is 0 Å². The lowest BCUT2D eigenvalue weighted by atomic mass is 9.96. The van der Waals surface area contributed by atoms with Crippen LogP contribution in [0.2, 0.25) is 0 Å². The van der Waals surface area contributed by atoms with Crippen LogP contribution in [0.5, 0.6) is 0 Å². The molecule has 2 aromatic carbocycles. The lowest BCUT2D eigenvalue weighted by Gasteiger charge is -2.28. The molecule has 7 nitrogen and oxygen atoms in total. The van der Waals surface area contributed by atoms with E-state index in [1.54, 1.807) is 24.3 Å². The Labute approximate surface area is 170 Å². The van der Waals surface area contributed by atoms with Crippen LogP contribution in [-0.4, -0.2) is 35.7 Å². The molecule has 0 fully saturated rings. The van der Waals surface area contributed by atoms with Crippen molar-refractivity contribution >= 4 is 27.6 Å². The number of imide groups is 1. The minimum absolute atomic E-state index is 0.154. The number of carbonyl (C=O) groups excluding carboxylic acids is 2. The first-order chi connectivity index (χ1) is 13.6. The molecule has 1 atom stereocenters. The van der Waals surface area contributed by atoms with E-state index in [-0.39, 0.29) is 22.6 Å². The van der Waals surface area contributed by atoms with Gasteiger partial charge in [-0.2, -0.15) is 8.42 Å². The SMILES string of the molecule is CC(C)CC(CCc1ccccc1S(=O)(=O)O)N1C(=O)c2ccc(N)cc2C1=O. The predicted molar refractivity (Wildman–Crippen MR) is 109 cm³/mol. The first-order valence-corrected chi connectivity index (χ1v) is 10.9. The Hall–Kier alpha value is -2.71. The summed E-state index contributed by atoms with van der Waals surface area (Å²) in [7, 11) is -4.35. The van der Waals surface area contributed by atoms with Crippen molar-refractivity contribution in [3.63, 3.8) is 0 Å². The summed E-state index contributed by atoms with van der Waals surface area (Å²) in [4.78, 5) is 27.0. The summed E-state index contributed by atoms with van der Waals surface area (Å²) in [6.45, 7) is 3.99. The van der Waals surface area contributed by atoms with Gasteiger partial charge >= 0.3 is 0 Å². The number of nitrogens with zero attached hydrogens (tertiary/aromatic N) is 1. The quantitative estimate of drug-likeness (QED) is 0.407. The van der Waals surface area contributed by atoms with Gasteiger partial charge in [0, 0.05) is 11.7 Å². The number of amides is 2. The largest absolute Gasteiger partial charge is 0.399 e. The summed E-state index contributed by atoms with van der Waals surface area (Å²) >= 11 is 0. The molecule has 1 aliphatic heterocycles. The number of nitrogen functional groups attached to an aromatic ring is 1. The third kappa shape index (κ3) is 4.33. The average molecular weight is 416 g/mol. The summed E-state index contributed by atoms with van der Waals surface area (Å²) in [5, 5.41) is 0. The van der Waals surface area contributed by atoms with Gasteiger partial charge in [0.2, 0.25) is 0 Å². The molecule has 29 heavy (non-hydrogen) atoms. The van der Waals surface area contributed by atoms with E-state index in [4.69, 9.17) is 5.73 Å². The van der Waals surface area contributed by atoms with Crippen molar-refractivity contribution in [2.75, 3.05) is 5.73 Å². The van der Waals surface area contributed by atoms with E-state index < -0.39 is 16.2 Å². The molecule has 3 rings (SSSR count). The molecule has 0 saturated heterocycles. The van der Waals surface area contributed by atoms with E-state index in [2.05, 4.69) is 0 Å². The number of hydrogen-bond acceptors (Lipinski definition) is 5. The van der Waals surface area contributed by atoms with Gasteiger partial charge in [-0.3, -0.25) is 19.0 Å². The van der Waals surface area contributed by atoms with Gasteiger partial charge in [-0.05, 0) is 55.0 Å². The fourth-order valence-electron chi connectivity index (χ4n) is 3.79. The first-order valence-electron chi connectivity index (χ1n) is 9.42. The zero-order chi connectivity index (χ0) is 21.3. The molecular formula is C21H24N2O5S. The molecule has 2 amide bonds. The summed E-state index contributed by atoms with van der Waals surface area (Å²) in [6, 6.07) is 10.4. The molecule has 1 unspecified atom stereocenters. The van der Waals surface area contributed by atoms with Crippen molar-refractivity contribution in [3.8, 4) is 0 Å². The van der Waals surface area contributed by atoms with E-state index in [1.807, 2.05) is 13.8 Å². The number of anilines is 1. The van der Waals surface area contributed by atoms with E-state index in [9.17, 15) is 22.6 Å². The van der Waals surface area contributed by atoms with Crippen LogP contribution >= 0.6 is 0 Å². The predicted octanol–water partition coefficient (Wildman–Crippen LogP) is 3.16. The molecule has 2 aromatic rings. The Morgan fingerprint density at radius 1 is 1.03 bits per heavy atom. The van der Waals surface area contributed by atoms with Crippen LogP contribution in [0.3, 0.4) is 0 Å². The second-order valence-electron chi connectivity index (χ2n) is 7.69. The zero-order valence-electron chi connectivity index (χ0n) is 16.3. The minimum Gasteiger partial charge on any atom is -0.399 e. The maximum atomic E-state index is 12.9. The van der Waals surface area contributed by atoms with Crippen molar-refractivity contribution in [1.82, 2.24) is 4.90 Å². The molecule has 0 aliphatic carbocycles. The molecule has 1 aliphatic rings. The normalized spacial score (nSPS) is 15.1. The average Bonchev–Trinajstić information content (AvgIpc) is 2.88. The van der Waals surface area contributed by atoms with Crippen molar-refractivity contribution in [2.45, 2.75) is 44.0 Å². The Balaban J connectivity index is 1.89. The standard InChI is InChI=1S/C21H24N2O5S/c1-13(2)11-16(9-7-14-5-3-4-6-19(14)29(26,27)28)23-20(24)17-10-8-15(22)12-18(17)21(23)25/h3-6,8,10,12-13,16H,7,9,11,22H2,1-2H3,(H,26,27,28). The second kappa shape index (κ2) is 7.96. The highest BCUT2D eigenvalue weighted by atomic mass is 32.2. The Morgan fingerprint density at radius 2 is 1.69 bits per heavy atom. The third-order valence-electron chi connectivity index (χ3n) is 5.05. The Kier molecular flexibility index (Phi) is 5.77. The maximum Gasteiger partial charge on any atom is 0.294 e. The molecule has 0 bridgehead atoms. The van der Waals surface area contributed by atoms with E-state index in [1.165, 1.54) is 23.1 Å². The molecule has 0 saturated carbocycles. The molecule has 154 valence electrons. The van der Waals surface area contributed by atoms with Crippen molar-refractivity contribution in [2.24, 2.45) is 5.92 Å². The summed E-state index contributed by atoms with van der Waals surface area (Å²) in [6.07, 6.45) is 1.25. The van der Waals surface area contributed by atoms with Crippen LogP contribution in [0.4, 0.5) is 5.69 Å². The van der Waals surface area contributed by atoms with Gasteiger partial charge in [-0.1, -0.05) is 32.0 Å². The molecule has 1 heterocycles. The molecule has 8 heteroatoms.